The number of furan rings is 1. The predicted octanol–water partition coefficient (Wildman–Crippen LogP) is 3.75. The van der Waals surface area contributed by atoms with Gasteiger partial charge in [-0.05, 0) is 32.8 Å². The SMILES string of the molecule is Cc1cc(C(=O)NC2CCCCC2C(F)(F)F)c(C)o1. The molecule has 0 aromatic carbocycles. The van der Waals surface area contributed by atoms with E-state index < -0.39 is 24.0 Å². The largest absolute Gasteiger partial charge is 0.466 e. The molecule has 1 saturated carbocycles. The van der Waals surface area contributed by atoms with Crippen LogP contribution in [0, 0.1) is 19.8 Å². The first kappa shape index (κ1) is 14.9. The summed E-state index contributed by atoms with van der Waals surface area (Å²) in [5.74, 6) is -0.933. The number of amides is 1. The van der Waals surface area contributed by atoms with E-state index in [0.29, 0.717) is 36.3 Å². The predicted molar refractivity (Wildman–Crippen MR) is 67.4 cm³/mol. The molecular formula is C14H18F3NO2. The van der Waals surface area contributed by atoms with E-state index in [1.165, 1.54) is 0 Å². The van der Waals surface area contributed by atoms with E-state index in [2.05, 4.69) is 5.32 Å². The molecule has 1 fully saturated rings. The van der Waals surface area contributed by atoms with E-state index in [1.807, 2.05) is 0 Å². The molecule has 2 rings (SSSR count). The van der Waals surface area contributed by atoms with Crippen LogP contribution in [0.4, 0.5) is 13.2 Å². The van der Waals surface area contributed by atoms with Crippen LogP contribution in [-0.2, 0) is 0 Å². The number of carbonyl (C=O) groups excluding carboxylic acids is 1. The Balaban J connectivity index is 2.11. The van der Waals surface area contributed by atoms with Crippen molar-refractivity contribution < 1.29 is 22.4 Å². The lowest BCUT2D eigenvalue weighted by Gasteiger charge is -2.33. The van der Waals surface area contributed by atoms with Crippen LogP contribution in [0.1, 0.15) is 47.6 Å². The third-order valence-electron chi connectivity index (χ3n) is 3.79. The van der Waals surface area contributed by atoms with Crippen LogP contribution < -0.4 is 5.32 Å². The van der Waals surface area contributed by atoms with E-state index in [4.69, 9.17) is 4.42 Å². The van der Waals surface area contributed by atoms with Crippen LogP contribution in [0.5, 0.6) is 0 Å². The van der Waals surface area contributed by atoms with Crippen molar-refractivity contribution in [1.29, 1.82) is 0 Å². The summed E-state index contributed by atoms with van der Waals surface area (Å²) in [6, 6.07) is 0.710. The average molecular weight is 289 g/mol. The van der Waals surface area contributed by atoms with Gasteiger partial charge in [-0.1, -0.05) is 12.8 Å². The smallest absolute Gasteiger partial charge is 0.393 e. The molecule has 1 aromatic heterocycles. The molecule has 1 aromatic rings. The molecule has 0 spiro atoms. The Hall–Kier alpha value is -1.46. The zero-order chi connectivity index (χ0) is 14.9. The highest BCUT2D eigenvalue weighted by Crippen LogP contribution is 2.37. The number of carbonyl (C=O) groups is 1. The quantitative estimate of drug-likeness (QED) is 0.901. The first-order valence-electron chi connectivity index (χ1n) is 6.73. The molecular weight excluding hydrogens is 271 g/mol. The molecule has 1 aliphatic carbocycles. The van der Waals surface area contributed by atoms with E-state index in [0.717, 1.165) is 0 Å². The summed E-state index contributed by atoms with van der Waals surface area (Å²) in [4.78, 5) is 12.1. The van der Waals surface area contributed by atoms with Gasteiger partial charge in [-0.25, -0.2) is 0 Å². The zero-order valence-electron chi connectivity index (χ0n) is 11.5. The highest BCUT2D eigenvalue weighted by molar-refractivity contribution is 5.95. The molecule has 112 valence electrons. The summed E-state index contributed by atoms with van der Waals surface area (Å²) in [6.45, 7) is 3.33. The molecule has 20 heavy (non-hydrogen) atoms. The Bertz CT molecular complexity index is 493. The normalized spacial score (nSPS) is 23.6. The van der Waals surface area contributed by atoms with Crippen LogP contribution in [0.25, 0.3) is 0 Å². The maximum absolute atomic E-state index is 13.0. The lowest BCUT2D eigenvalue weighted by molar-refractivity contribution is -0.187. The molecule has 2 unspecified atom stereocenters. The third kappa shape index (κ3) is 3.16. The fourth-order valence-electron chi connectivity index (χ4n) is 2.80. The summed E-state index contributed by atoms with van der Waals surface area (Å²) < 4.78 is 44.1. The van der Waals surface area contributed by atoms with Crippen molar-refractivity contribution >= 4 is 5.91 Å². The second kappa shape index (κ2) is 5.50. The summed E-state index contributed by atoms with van der Waals surface area (Å²) in [5, 5.41) is 2.53. The van der Waals surface area contributed by atoms with Crippen LogP contribution in [0.3, 0.4) is 0 Å². The Morgan fingerprint density at radius 1 is 1.30 bits per heavy atom. The van der Waals surface area contributed by atoms with E-state index in [1.54, 1.807) is 19.9 Å². The first-order valence-corrected chi connectivity index (χ1v) is 6.73. The fraction of sp³-hybridized carbons (Fsp3) is 0.643. The van der Waals surface area contributed by atoms with Crippen molar-refractivity contribution in [3.63, 3.8) is 0 Å². The van der Waals surface area contributed by atoms with Crippen molar-refractivity contribution in [2.45, 2.75) is 51.7 Å². The molecule has 0 bridgehead atoms. The van der Waals surface area contributed by atoms with E-state index >= 15 is 0 Å². The third-order valence-corrected chi connectivity index (χ3v) is 3.79. The highest BCUT2D eigenvalue weighted by Gasteiger charge is 2.46. The molecule has 3 nitrogen and oxygen atoms in total. The maximum Gasteiger partial charge on any atom is 0.393 e. The lowest BCUT2D eigenvalue weighted by Crippen LogP contribution is -2.47. The van der Waals surface area contributed by atoms with Gasteiger partial charge in [-0.3, -0.25) is 4.79 Å². The van der Waals surface area contributed by atoms with Gasteiger partial charge in [-0.15, -0.1) is 0 Å². The average Bonchev–Trinajstić information content (AvgIpc) is 2.68. The number of halogens is 3. The van der Waals surface area contributed by atoms with Crippen LogP contribution in [0.15, 0.2) is 10.5 Å². The van der Waals surface area contributed by atoms with Gasteiger partial charge in [0.1, 0.15) is 11.5 Å². The zero-order valence-corrected chi connectivity index (χ0v) is 11.5. The van der Waals surface area contributed by atoms with E-state index in [9.17, 15) is 18.0 Å². The fourth-order valence-corrected chi connectivity index (χ4v) is 2.80. The number of hydrogen-bond acceptors (Lipinski definition) is 2. The van der Waals surface area contributed by atoms with Crippen molar-refractivity contribution in [2.24, 2.45) is 5.92 Å². The van der Waals surface area contributed by atoms with Gasteiger partial charge in [-0.2, -0.15) is 13.2 Å². The monoisotopic (exact) mass is 289 g/mol. The second-order valence-electron chi connectivity index (χ2n) is 5.34. The van der Waals surface area contributed by atoms with Gasteiger partial charge in [0.25, 0.3) is 5.91 Å². The van der Waals surface area contributed by atoms with Gasteiger partial charge in [0, 0.05) is 6.04 Å². The van der Waals surface area contributed by atoms with Crippen molar-refractivity contribution in [2.75, 3.05) is 0 Å². The van der Waals surface area contributed by atoms with E-state index in [-0.39, 0.29) is 6.42 Å². The summed E-state index contributed by atoms with van der Waals surface area (Å²) in [6.07, 6.45) is -2.55. The van der Waals surface area contributed by atoms with Gasteiger partial charge < -0.3 is 9.73 Å². The Morgan fingerprint density at radius 2 is 1.95 bits per heavy atom. The lowest BCUT2D eigenvalue weighted by atomic mass is 9.84. The standard InChI is InChI=1S/C14H18F3NO2/c1-8-7-10(9(2)20-8)13(19)18-12-6-4-3-5-11(12)14(15,16)17/h7,11-12H,3-6H2,1-2H3,(H,18,19). The van der Waals surface area contributed by atoms with Crippen molar-refractivity contribution in [3.8, 4) is 0 Å². The molecule has 1 amide bonds. The van der Waals surface area contributed by atoms with Crippen molar-refractivity contribution in [3.05, 3.63) is 23.2 Å². The molecule has 0 saturated heterocycles. The topological polar surface area (TPSA) is 42.2 Å². The maximum atomic E-state index is 13.0. The van der Waals surface area contributed by atoms with Gasteiger partial charge >= 0.3 is 6.18 Å². The highest BCUT2D eigenvalue weighted by atomic mass is 19.4. The van der Waals surface area contributed by atoms with Crippen LogP contribution in [-0.4, -0.2) is 18.1 Å². The summed E-state index contributed by atoms with van der Waals surface area (Å²) >= 11 is 0. The van der Waals surface area contributed by atoms with Gasteiger partial charge in [0.05, 0.1) is 11.5 Å². The van der Waals surface area contributed by atoms with Crippen molar-refractivity contribution in [1.82, 2.24) is 5.32 Å². The Morgan fingerprint density at radius 3 is 2.50 bits per heavy atom. The molecule has 1 N–H and O–H groups in total. The molecule has 0 radical (unpaired) electrons. The Kier molecular flexibility index (Phi) is 4.11. The summed E-state index contributed by atoms with van der Waals surface area (Å²) in [5.41, 5.74) is 0.314. The molecule has 2 atom stereocenters. The van der Waals surface area contributed by atoms with Crippen LogP contribution >= 0.6 is 0 Å². The number of aryl methyl sites for hydroxylation is 2. The molecule has 0 aliphatic heterocycles. The summed E-state index contributed by atoms with van der Waals surface area (Å²) in [7, 11) is 0. The molecule has 6 heteroatoms. The molecule has 1 aliphatic rings. The number of nitrogens with one attached hydrogen (secondary N) is 1. The van der Waals surface area contributed by atoms with Gasteiger partial charge in [0.15, 0.2) is 0 Å². The number of alkyl halides is 3. The second-order valence-corrected chi connectivity index (χ2v) is 5.34. The van der Waals surface area contributed by atoms with Crippen LogP contribution in [0.2, 0.25) is 0 Å². The minimum atomic E-state index is -4.26. The number of hydrogen-bond donors (Lipinski definition) is 1. The first-order chi connectivity index (χ1) is 9.29. The minimum Gasteiger partial charge on any atom is -0.466 e. The molecule has 1 heterocycles. The number of rotatable bonds is 2. The Labute approximate surface area is 115 Å². The minimum absolute atomic E-state index is 0.0812. The van der Waals surface area contributed by atoms with Gasteiger partial charge in [0.2, 0.25) is 0 Å².